The van der Waals surface area contributed by atoms with Gasteiger partial charge in [-0.1, -0.05) is 6.07 Å². The molecule has 19 heavy (non-hydrogen) atoms. The summed E-state index contributed by atoms with van der Waals surface area (Å²) in [7, 11) is 0. The lowest BCUT2D eigenvalue weighted by Crippen LogP contribution is -2.11. The molecule has 3 rings (SSSR count). The Morgan fingerprint density at radius 3 is 2.63 bits per heavy atom. The fourth-order valence-electron chi connectivity index (χ4n) is 1.96. The minimum absolute atomic E-state index is 0.138. The minimum Gasteiger partial charge on any atom is -0.399 e. The van der Waals surface area contributed by atoms with Crippen molar-refractivity contribution >= 4 is 28.2 Å². The lowest BCUT2D eigenvalue weighted by Gasteiger charge is -2.05. The van der Waals surface area contributed by atoms with Crippen LogP contribution in [0.2, 0.25) is 0 Å². The number of hydrogen-bond acceptors (Lipinski definition) is 2. The van der Waals surface area contributed by atoms with Gasteiger partial charge >= 0.3 is 0 Å². The molecule has 4 heteroatoms. The van der Waals surface area contributed by atoms with E-state index >= 15 is 0 Å². The standard InChI is InChI=1S/C15H13N3O/c16-12-3-5-13(6-4-12)18-15(19)11-2-1-10-7-8-17-14(10)9-11/h1-9,17H,16H2,(H,18,19). The number of fused-ring (bicyclic) bond motifs is 1. The first-order valence-electron chi connectivity index (χ1n) is 5.96. The highest BCUT2D eigenvalue weighted by atomic mass is 16.1. The van der Waals surface area contributed by atoms with Crippen molar-refractivity contribution in [1.29, 1.82) is 0 Å². The number of carbonyl (C=O) groups is 1. The molecule has 0 spiro atoms. The number of aromatic nitrogens is 1. The highest BCUT2D eigenvalue weighted by Crippen LogP contribution is 2.16. The number of nitrogens with one attached hydrogen (secondary N) is 2. The van der Waals surface area contributed by atoms with Crippen LogP contribution in [0.5, 0.6) is 0 Å². The van der Waals surface area contributed by atoms with Gasteiger partial charge in [0.2, 0.25) is 0 Å². The number of benzene rings is 2. The molecule has 94 valence electrons. The van der Waals surface area contributed by atoms with E-state index in [4.69, 9.17) is 5.73 Å². The van der Waals surface area contributed by atoms with Crippen LogP contribution in [0.4, 0.5) is 11.4 Å². The van der Waals surface area contributed by atoms with E-state index in [1.807, 2.05) is 30.5 Å². The first-order valence-corrected chi connectivity index (χ1v) is 5.96. The van der Waals surface area contributed by atoms with E-state index in [1.165, 1.54) is 0 Å². The molecular formula is C15H13N3O. The van der Waals surface area contributed by atoms with Crippen molar-refractivity contribution in [2.45, 2.75) is 0 Å². The van der Waals surface area contributed by atoms with Gasteiger partial charge in [0, 0.05) is 28.7 Å². The van der Waals surface area contributed by atoms with Crippen LogP contribution in [0.15, 0.2) is 54.7 Å². The maximum atomic E-state index is 12.1. The summed E-state index contributed by atoms with van der Waals surface area (Å²) in [6, 6.07) is 14.6. The topological polar surface area (TPSA) is 70.9 Å². The van der Waals surface area contributed by atoms with Gasteiger partial charge in [-0.15, -0.1) is 0 Å². The SMILES string of the molecule is Nc1ccc(NC(=O)c2ccc3cc[nH]c3c2)cc1. The molecule has 0 saturated carbocycles. The average molecular weight is 251 g/mol. The smallest absolute Gasteiger partial charge is 0.255 e. The second-order valence-electron chi connectivity index (χ2n) is 4.36. The first kappa shape index (κ1) is 11.3. The Bertz CT molecular complexity index is 728. The van der Waals surface area contributed by atoms with Gasteiger partial charge in [0.15, 0.2) is 0 Å². The number of carbonyl (C=O) groups excluding carboxylic acids is 1. The van der Waals surface area contributed by atoms with Crippen LogP contribution in [-0.4, -0.2) is 10.9 Å². The molecule has 3 aromatic rings. The largest absolute Gasteiger partial charge is 0.399 e. The first-order chi connectivity index (χ1) is 9.22. The number of H-pyrrole nitrogens is 1. The molecule has 0 bridgehead atoms. The Morgan fingerprint density at radius 1 is 1.05 bits per heavy atom. The molecule has 1 aromatic heterocycles. The third-order valence-electron chi connectivity index (χ3n) is 2.99. The molecule has 2 aromatic carbocycles. The van der Waals surface area contributed by atoms with E-state index in [9.17, 15) is 4.79 Å². The molecule has 0 saturated heterocycles. The van der Waals surface area contributed by atoms with Gasteiger partial charge < -0.3 is 16.0 Å². The fraction of sp³-hybridized carbons (Fsp3) is 0. The summed E-state index contributed by atoms with van der Waals surface area (Å²) < 4.78 is 0. The van der Waals surface area contributed by atoms with Crippen LogP contribution >= 0.6 is 0 Å². The lowest BCUT2D eigenvalue weighted by molar-refractivity contribution is 0.102. The molecule has 0 aliphatic heterocycles. The molecular weight excluding hydrogens is 238 g/mol. The van der Waals surface area contributed by atoms with E-state index in [0.29, 0.717) is 11.3 Å². The van der Waals surface area contributed by atoms with Crippen LogP contribution in [-0.2, 0) is 0 Å². The van der Waals surface area contributed by atoms with E-state index in [1.54, 1.807) is 24.3 Å². The van der Waals surface area contributed by atoms with E-state index < -0.39 is 0 Å². The maximum Gasteiger partial charge on any atom is 0.255 e. The van der Waals surface area contributed by atoms with Crippen LogP contribution in [0.25, 0.3) is 10.9 Å². The molecule has 0 radical (unpaired) electrons. The zero-order chi connectivity index (χ0) is 13.2. The summed E-state index contributed by atoms with van der Waals surface area (Å²) in [5.41, 5.74) is 8.57. The fourth-order valence-corrected chi connectivity index (χ4v) is 1.96. The van der Waals surface area contributed by atoms with E-state index in [-0.39, 0.29) is 5.91 Å². The van der Waals surface area contributed by atoms with Gasteiger partial charge in [0.25, 0.3) is 5.91 Å². The number of rotatable bonds is 2. The van der Waals surface area contributed by atoms with Crippen LogP contribution in [0, 0.1) is 0 Å². The second-order valence-corrected chi connectivity index (χ2v) is 4.36. The van der Waals surface area contributed by atoms with Gasteiger partial charge in [-0.3, -0.25) is 4.79 Å². The predicted octanol–water partition coefficient (Wildman–Crippen LogP) is 3.00. The summed E-state index contributed by atoms with van der Waals surface area (Å²) >= 11 is 0. The highest BCUT2D eigenvalue weighted by molar-refractivity contribution is 6.06. The molecule has 1 heterocycles. The van der Waals surface area contributed by atoms with Crippen molar-refractivity contribution in [3.05, 3.63) is 60.3 Å². The van der Waals surface area contributed by atoms with Crippen molar-refractivity contribution in [1.82, 2.24) is 4.98 Å². The average Bonchev–Trinajstić information content (AvgIpc) is 2.88. The number of nitrogen functional groups attached to an aromatic ring is 1. The molecule has 0 aliphatic carbocycles. The van der Waals surface area contributed by atoms with Crippen molar-refractivity contribution in [3.63, 3.8) is 0 Å². The Labute approximate surface area is 110 Å². The highest BCUT2D eigenvalue weighted by Gasteiger charge is 2.07. The third kappa shape index (κ3) is 2.28. The monoisotopic (exact) mass is 251 g/mol. The van der Waals surface area contributed by atoms with Crippen molar-refractivity contribution in [2.24, 2.45) is 0 Å². The van der Waals surface area contributed by atoms with Gasteiger partial charge in [-0.25, -0.2) is 0 Å². The second kappa shape index (κ2) is 4.49. The van der Waals surface area contributed by atoms with Gasteiger partial charge in [0.05, 0.1) is 0 Å². The third-order valence-corrected chi connectivity index (χ3v) is 2.99. The molecule has 4 N–H and O–H groups in total. The van der Waals surface area contributed by atoms with Gasteiger partial charge in [-0.05, 0) is 47.9 Å². The number of aromatic amines is 1. The summed E-state index contributed by atoms with van der Waals surface area (Å²) in [5, 5.41) is 3.92. The van der Waals surface area contributed by atoms with Crippen molar-refractivity contribution in [2.75, 3.05) is 11.1 Å². The Morgan fingerprint density at radius 2 is 1.84 bits per heavy atom. The predicted molar refractivity (Wildman–Crippen MR) is 77.1 cm³/mol. The molecule has 1 amide bonds. The zero-order valence-corrected chi connectivity index (χ0v) is 10.2. The zero-order valence-electron chi connectivity index (χ0n) is 10.2. The summed E-state index contributed by atoms with van der Waals surface area (Å²) in [6.45, 7) is 0. The number of anilines is 2. The Hall–Kier alpha value is -2.75. The minimum atomic E-state index is -0.138. The van der Waals surface area contributed by atoms with Gasteiger partial charge in [0.1, 0.15) is 0 Å². The Balaban J connectivity index is 1.84. The molecule has 0 unspecified atom stereocenters. The summed E-state index contributed by atoms with van der Waals surface area (Å²) in [5.74, 6) is -0.138. The van der Waals surface area contributed by atoms with E-state index in [0.717, 1.165) is 16.6 Å². The number of nitrogens with two attached hydrogens (primary N) is 1. The number of amides is 1. The maximum absolute atomic E-state index is 12.1. The van der Waals surface area contributed by atoms with Crippen LogP contribution < -0.4 is 11.1 Å². The Kier molecular flexibility index (Phi) is 2.68. The quantitative estimate of drug-likeness (QED) is 0.613. The van der Waals surface area contributed by atoms with Crippen LogP contribution in [0.3, 0.4) is 0 Å². The van der Waals surface area contributed by atoms with Gasteiger partial charge in [-0.2, -0.15) is 0 Å². The normalized spacial score (nSPS) is 10.5. The van der Waals surface area contributed by atoms with Crippen molar-refractivity contribution < 1.29 is 4.79 Å². The number of hydrogen-bond donors (Lipinski definition) is 3. The van der Waals surface area contributed by atoms with Crippen LogP contribution in [0.1, 0.15) is 10.4 Å². The van der Waals surface area contributed by atoms with Crippen molar-refractivity contribution in [3.8, 4) is 0 Å². The molecule has 0 atom stereocenters. The molecule has 0 aliphatic rings. The molecule has 4 nitrogen and oxygen atoms in total. The summed E-state index contributed by atoms with van der Waals surface area (Å²) in [6.07, 6.45) is 1.85. The summed E-state index contributed by atoms with van der Waals surface area (Å²) in [4.78, 5) is 15.2. The lowest BCUT2D eigenvalue weighted by atomic mass is 10.1. The van der Waals surface area contributed by atoms with E-state index in [2.05, 4.69) is 10.3 Å². The molecule has 0 fully saturated rings.